The molecule has 0 aromatic carbocycles. The highest BCUT2D eigenvalue weighted by Gasteiger charge is 2.52. The molecule has 0 saturated heterocycles. The molecule has 2 saturated carbocycles. The van der Waals surface area contributed by atoms with E-state index in [1.165, 1.54) is 6.42 Å². The highest BCUT2D eigenvalue weighted by atomic mass is 16.4. The Hall–Kier alpha value is -0.570. The summed E-state index contributed by atoms with van der Waals surface area (Å²) in [6.07, 6.45) is 6.10. The van der Waals surface area contributed by atoms with E-state index in [1.807, 2.05) is 0 Å². The van der Waals surface area contributed by atoms with Gasteiger partial charge in [0.2, 0.25) is 0 Å². The Balaban J connectivity index is 2.18. The molecule has 0 amide bonds. The SMILES string of the molecule is C[C@]12CCCCC1(O)C[C@H](C(=O)O)CC2. The molecule has 0 radical (unpaired) electrons. The van der Waals surface area contributed by atoms with E-state index >= 15 is 0 Å². The second kappa shape index (κ2) is 3.48. The zero-order valence-electron chi connectivity index (χ0n) is 9.33. The summed E-state index contributed by atoms with van der Waals surface area (Å²) in [5, 5.41) is 19.6. The minimum absolute atomic E-state index is 0.0306. The molecule has 0 aromatic heterocycles. The third kappa shape index (κ3) is 1.67. The highest BCUT2D eigenvalue weighted by Crippen LogP contribution is 2.54. The lowest BCUT2D eigenvalue weighted by Crippen LogP contribution is -2.53. The lowest BCUT2D eigenvalue weighted by molar-refractivity contribution is -0.167. The maximum absolute atomic E-state index is 11.0. The first-order valence-corrected chi connectivity index (χ1v) is 5.92. The minimum Gasteiger partial charge on any atom is -0.481 e. The maximum atomic E-state index is 11.0. The summed E-state index contributed by atoms with van der Waals surface area (Å²) in [4.78, 5) is 11.0. The molecule has 86 valence electrons. The molecule has 2 N–H and O–H groups in total. The van der Waals surface area contributed by atoms with Crippen molar-refractivity contribution < 1.29 is 15.0 Å². The first-order valence-electron chi connectivity index (χ1n) is 5.92. The van der Waals surface area contributed by atoms with Gasteiger partial charge in [0.15, 0.2) is 0 Å². The molecule has 3 nitrogen and oxygen atoms in total. The molecule has 3 atom stereocenters. The van der Waals surface area contributed by atoms with Gasteiger partial charge in [0.25, 0.3) is 0 Å². The number of aliphatic carboxylic acids is 1. The van der Waals surface area contributed by atoms with Gasteiger partial charge in [-0.25, -0.2) is 0 Å². The standard InChI is InChI=1S/C12H20O3/c1-11-5-2-3-6-12(11,15)8-9(4-7-11)10(13)14/h9,15H,2-8H2,1H3,(H,13,14)/t9-,11-,12?/m1/s1. The van der Waals surface area contributed by atoms with Crippen LogP contribution in [0, 0.1) is 11.3 Å². The summed E-state index contributed by atoms with van der Waals surface area (Å²) in [7, 11) is 0. The Morgan fingerprint density at radius 1 is 1.27 bits per heavy atom. The maximum Gasteiger partial charge on any atom is 0.306 e. The van der Waals surface area contributed by atoms with E-state index in [9.17, 15) is 9.90 Å². The van der Waals surface area contributed by atoms with Crippen molar-refractivity contribution in [3.05, 3.63) is 0 Å². The first kappa shape index (κ1) is 10.9. The van der Waals surface area contributed by atoms with Gasteiger partial charge in [0, 0.05) is 0 Å². The summed E-state index contributed by atoms with van der Waals surface area (Å²) >= 11 is 0. The van der Waals surface area contributed by atoms with E-state index in [0.717, 1.165) is 32.1 Å². The predicted molar refractivity (Wildman–Crippen MR) is 56.5 cm³/mol. The van der Waals surface area contributed by atoms with Gasteiger partial charge >= 0.3 is 5.97 Å². The zero-order chi connectivity index (χ0) is 11.1. The number of carboxylic acids is 1. The van der Waals surface area contributed by atoms with Crippen LogP contribution in [0.1, 0.15) is 51.9 Å². The van der Waals surface area contributed by atoms with E-state index in [-0.39, 0.29) is 11.3 Å². The van der Waals surface area contributed by atoms with E-state index < -0.39 is 11.6 Å². The fourth-order valence-corrected chi connectivity index (χ4v) is 3.39. The first-order chi connectivity index (χ1) is 6.97. The third-order valence-corrected chi connectivity index (χ3v) is 4.67. The van der Waals surface area contributed by atoms with Gasteiger partial charge in [-0.15, -0.1) is 0 Å². The van der Waals surface area contributed by atoms with E-state index in [4.69, 9.17) is 5.11 Å². The van der Waals surface area contributed by atoms with Crippen LogP contribution in [0.15, 0.2) is 0 Å². The molecule has 3 heteroatoms. The molecule has 2 fully saturated rings. The van der Waals surface area contributed by atoms with Crippen molar-refractivity contribution in [1.82, 2.24) is 0 Å². The Morgan fingerprint density at radius 2 is 1.93 bits per heavy atom. The Labute approximate surface area is 90.5 Å². The zero-order valence-corrected chi connectivity index (χ0v) is 9.33. The molecule has 0 heterocycles. The van der Waals surface area contributed by atoms with Gasteiger partial charge in [-0.05, 0) is 37.5 Å². The molecule has 0 bridgehead atoms. The second-order valence-corrected chi connectivity index (χ2v) is 5.58. The number of carbonyl (C=O) groups is 1. The van der Waals surface area contributed by atoms with Crippen molar-refractivity contribution in [1.29, 1.82) is 0 Å². The van der Waals surface area contributed by atoms with Gasteiger partial charge < -0.3 is 10.2 Å². The van der Waals surface area contributed by atoms with Crippen LogP contribution >= 0.6 is 0 Å². The van der Waals surface area contributed by atoms with Crippen LogP contribution in [-0.4, -0.2) is 21.8 Å². The lowest BCUT2D eigenvalue weighted by atomic mass is 9.55. The Morgan fingerprint density at radius 3 is 2.60 bits per heavy atom. The quantitative estimate of drug-likeness (QED) is 0.700. The van der Waals surface area contributed by atoms with E-state index in [2.05, 4.69) is 6.92 Å². The number of fused-ring (bicyclic) bond motifs is 1. The molecule has 0 aromatic rings. The largest absolute Gasteiger partial charge is 0.481 e. The van der Waals surface area contributed by atoms with Gasteiger partial charge in [-0.3, -0.25) is 4.79 Å². The fraction of sp³-hybridized carbons (Fsp3) is 0.917. The van der Waals surface area contributed by atoms with Crippen LogP contribution in [0.3, 0.4) is 0 Å². The monoisotopic (exact) mass is 212 g/mol. The van der Waals surface area contributed by atoms with Crippen molar-refractivity contribution in [3.63, 3.8) is 0 Å². The predicted octanol–water partition coefficient (Wildman–Crippen LogP) is 2.18. The number of carboxylic acid groups (broad SMARTS) is 1. The lowest BCUT2D eigenvalue weighted by Gasteiger charge is -2.53. The average Bonchev–Trinajstić information content (AvgIpc) is 2.17. The molecule has 2 rings (SSSR count). The van der Waals surface area contributed by atoms with Crippen LogP contribution in [0.25, 0.3) is 0 Å². The smallest absolute Gasteiger partial charge is 0.306 e. The van der Waals surface area contributed by atoms with Crippen molar-refractivity contribution in [2.45, 2.75) is 57.5 Å². The fourth-order valence-electron chi connectivity index (χ4n) is 3.39. The summed E-state index contributed by atoms with van der Waals surface area (Å²) in [5.41, 5.74) is -0.746. The van der Waals surface area contributed by atoms with Gasteiger partial charge in [0.05, 0.1) is 11.5 Å². The van der Waals surface area contributed by atoms with Gasteiger partial charge in [-0.1, -0.05) is 19.8 Å². The van der Waals surface area contributed by atoms with Crippen LogP contribution in [0.2, 0.25) is 0 Å². The normalized spacial score (nSPS) is 45.9. The van der Waals surface area contributed by atoms with Crippen LogP contribution < -0.4 is 0 Å². The number of hydrogen-bond donors (Lipinski definition) is 2. The molecule has 15 heavy (non-hydrogen) atoms. The second-order valence-electron chi connectivity index (χ2n) is 5.58. The number of hydrogen-bond acceptors (Lipinski definition) is 2. The van der Waals surface area contributed by atoms with E-state index in [1.54, 1.807) is 0 Å². The molecule has 2 aliphatic carbocycles. The Bertz CT molecular complexity index is 276. The van der Waals surface area contributed by atoms with Crippen molar-refractivity contribution in [3.8, 4) is 0 Å². The average molecular weight is 212 g/mol. The number of rotatable bonds is 1. The molecular formula is C12H20O3. The van der Waals surface area contributed by atoms with Gasteiger partial charge in [0.1, 0.15) is 0 Å². The topological polar surface area (TPSA) is 57.5 Å². The summed E-state index contributed by atoms with van der Waals surface area (Å²) < 4.78 is 0. The minimum atomic E-state index is -0.740. The summed E-state index contributed by atoms with van der Waals surface area (Å²) in [6, 6.07) is 0. The van der Waals surface area contributed by atoms with Crippen molar-refractivity contribution in [2.75, 3.05) is 0 Å². The summed E-state index contributed by atoms with van der Waals surface area (Å²) in [6.45, 7) is 2.13. The third-order valence-electron chi connectivity index (χ3n) is 4.67. The van der Waals surface area contributed by atoms with Crippen LogP contribution in [0.4, 0.5) is 0 Å². The summed E-state index contributed by atoms with van der Waals surface area (Å²) in [5.74, 6) is -1.07. The molecule has 2 aliphatic rings. The van der Waals surface area contributed by atoms with Crippen molar-refractivity contribution in [2.24, 2.45) is 11.3 Å². The van der Waals surface area contributed by atoms with Crippen LogP contribution in [-0.2, 0) is 4.79 Å². The molecular weight excluding hydrogens is 192 g/mol. The molecule has 0 spiro atoms. The number of aliphatic hydroxyl groups is 1. The molecule has 1 unspecified atom stereocenters. The van der Waals surface area contributed by atoms with Crippen molar-refractivity contribution >= 4 is 5.97 Å². The van der Waals surface area contributed by atoms with Gasteiger partial charge in [-0.2, -0.15) is 0 Å². The van der Waals surface area contributed by atoms with Crippen LogP contribution in [0.5, 0.6) is 0 Å². The highest BCUT2D eigenvalue weighted by molar-refractivity contribution is 5.70. The Kier molecular flexibility index (Phi) is 2.53. The molecule has 0 aliphatic heterocycles. The van der Waals surface area contributed by atoms with E-state index in [0.29, 0.717) is 6.42 Å².